The summed E-state index contributed by atoms with van der Waals surface area (Å²) in [6.45, 7) is 3.50. The van der Waals surface area contributed by atoms with E-state index in [-0.39, 0.29) is 10.9 Å². The minimum absolute atomic E-state index is 0.0479. The number of ether oxygens (including phenoxy) is 1. The van der Waals surface area contributed by atoms with Crippen LogP contribution in [0.2, 0.25) is 0 Å². The van der Waals surface area contributed by atoms with E-state index in [4.69, 9.17) is 10.5 Å². The highest BCUT2D eigenvalue weighted by molar-refractivity contribution is 7.99. The second-order valence-electron chi connectivity index (χ2n) is 5.48. The lowest BCUT2D eigenvalue weighted by Gasteiger charge is -2.43. The highest BCUT2D eigenvalue weighted by Gasteiger charge is 2.41. The molecule has 106 valence electrons. The van der Waals surface area contributed by atoms with Gasteiger partial charge in [-0.05, 0) is 50.2 Å². The molecule has 2 rings (SSSR count). The summed E-state index contributed by atoms with van der Waals surface area (Å²) in [5.41, 5.74) is 5.62. The fraction of sp³-hybridized carbons (Fsp3) is 1.00. The van der Waals surface area contributed by atoms with Crippen molar-refractivity contribution >= 4 is 22.6 Å². The van der Waals surface area contributed by atoms with E-state index in [2.05, 4.69) is 6.92 Å². The molecule has 0 saturated carbocycles. The summed E-state index contributed by atoms with van der Waals surface area (Å²) < 4.78 is 18.6. The van der Waals surface area contributed by atoms with E-state index in [0.717, 1.165) is 38.7 Å². The summed E-state index contributed by atoms with van der Waals surface area (Å²) in [6.07, 6.45) is 5.09. The Balaban J connectivity index is 1.95. The van der Waals surface area contributed by atoms with Crippen molar-refractivity contribution in [3.8, 4) is 0 Å². The average Bonchev–Trinajstić information content (AvgIpc) is 2.39. The molecule has 0 aliphatic carbocycles. The van der Waals surface area contributed by atoms with Crippen LogP contribution >= 0.6 is 11.8 Å². The van der Waals surface area contributed by atoms with Crippen molar-refractivity contribution in [2.45, 2.75) is 55.1 Å². The topological polar surface area (TPSA) is 52.3 Å². The van der Waals surface area contributed by atoms with Crippen LogP contribution in [-0.2, 0) is 15.5 Å². The third-order valence-corrected chi connectivity index (χ3v) is 7.22. The Labute approximate surface area is 117 Å². The van der Waals surface area contributed by atoms with E-state index in [9.17, 15) is 4.21 Å². The first kappa shape index (κ1) is 14.8. The summed E-state index contributed by atoms with van der Waals surface area (Å²) in [4.78, 5) is 0. The van der Waals surface area contributed by atoms with Gasteiger partial charge in [-0.3, -0.25) is 4.21 Å². The molecule has 3 atom stereocenters. The number of thioether (sulfide) groups is 1. The van der Waals surface area contributed by atoms with Crippen LogP contribution in [0.1, 0.15) is 39.0 Å². The molecule has 2 N–H and O–H groups in total. The Bertz CT molecular complexity index is 287. The monoisotopic (exact) mass is 291 g/mol. The van der Waals surface area contributed by atoms with Crippen LogP contribution in [0.4, 0.5) is 0 Å². The van der Waals surface area contributed by atoms with Crippen molar-refractivity contribution in [1.29, 1.82) is 0 Å². The molecule has 0 aromatic carbocycles. The zero-order chi connectivity index (χ0) is 13.0. The first-order valence-electron chi connectivity index (χ1n) is 6.98. The predicted molar refractivity (Wildman–Crippen MR) is 79.5 cm³/mol. The van der Waals surface area contributed by atoms with Gasteiger partial charge in [0.05, 0.1) is 5.60 Å². The molecule has 0 bridgehead atoms. The molecule has 0 amide bonds. The van der Waals surface area contributed by atoms with E-state index < -0.39 is 10.8 Å². The molecule has 2 saturated heterocycles. The van der Waals surface area contributed by atoms with E-state index >= 15 is 0 Å². The van der Waals surface area contributed by atoms with Gasteiger partial charge in [-0.25, -0.2) is 0 Å². The fourth-order valence-corrected chi connectivity index (χ4v) is 6.01. The van der Waals surface area contributed by atoms with Gasteiger partial charge in [0, 0.05) is 27.9 Å². The van der Waals surface area contributed by atoms with E-state index in [1.54, 1.807) is 0 Å². The Kier molecular flexibility index (Phi) is 5.54. The van der Waals surface area contributed by atoms with Gasteiger partial charge < -0.3 is 10.5 Å². The van der Waals surface area contributed by atoms with E-state index in [1.165, 1.54) is 11.5 Å². The third kappa shape index (κ3) is 3.50. The highest BCUT2D eigenvalue weighted by Crippen LogP contribution is 2.39. The molecule has 5 heteroatoms. The Hall–Kier alpha value is 0.420. The molecule has 2 aliphatic heterocycles. The third-order valence-electron chi connectivity index (χ3n) is 4.15. The van der Waals surface area contributed by atoms with Gasteiger partial charge >= 0.3 is 0 Å². The minimum Gasteiger partial charge on any atom is -0.375 e. The largest absolute Gasteiger partial charge is 0.375 e. The molecule has 18 heavy (non-hydrogen) atoms. The quantitative estimate of drug-likeness (QED) is 0.860. The first-order valence-corrected chi connectivity index (χ1v) is 9.41. The molecule has 2 fully saturated rings. The Morgan fingerprint density at radius 3 is 2.89 bits per heavy atom. The maximum absolute atomic E-state index is 12.5. The van der Waals surface area contributed by atoms with Gasteiger partial charge in [0.2, 0.25) is 0 Å². The molecule has 0 aromatic heterocycles. The summed E-state index contributed by atoms with van der Waals surface area (Å²) in [5.74, 6) is 2.38. The van der Waals surface area contributed by atoms with Crippen molar-refractivity contribution in [3.05, 3.63) is 0 Å². The predicted octanol–water partition coefficient (Wildman–Crippen LogP) is 1.92. The second-order valence-corrected chi connectivity index (χ2v) is 8.83. The zero-order valence-corrected chi connectivity index (χ0v) is 12.9. The first-order chi connectivity index (χ1) is 8.67. The maximum Gasteiger partial charge on any atom is 0.0709 e. The standard InChI is InChI=1S/C13H25NO2S2/c1-11(2-6-14)18(15)12-3-7-16-13(10-12)4-8-17-9-5-13/h11-12H,2-10,14H2,1H3. The highest BCUT2D eigenvalue weighted by atomic mass is 32.2. The number of hydrogen-bond donors (Lipinski definition) is 1. The Morgan fingerprint density at radius 2 is 2.22 bits per heavy atom. The minimum atomic E-state index is -0.746. The number of rotatable bonds is 4. The fourth-order valence-electron chi connectivity index (χ4n) is 2.95. The van der Waals surface area contributed by atoms with Gasteiger partial charge in [-0.2, -0.15) is 11.8 Å². The number of hydrogen-bond acceptors (Lipinski definition) is 4. The molecule has 3 unspecified atom stereocenters. The molecule has 2 aliphatic rings. The van der Waals surface area contributed by atoms with Crippen molar-refractivity contribution < 1.29 is 8.95 Å². The molecule has 1 spiro atoms. The van der Waals surface area contributed by atoms with E-state index in [1.807, 2.05) is 11.8 Å². The smallest absolute Gasteiger partial charge is 0.0709 e. The van der Waals surface area contributed by atoms with Gasteiger partial charge in [-0.1, -0.05) is 6.92 Å². The lowest BCUT2D eigenvalue weighted by Crippen LogP contribution is -2.46. The normalized spacial score (nSPS) is 31.1. The summed E-state index contributed by atoms with van der Waals surface area (Å²) in [7, 11) is -0.746. The van der Waals surface area contributed by atoms with Crippen LogP contribution in [0.5, 0.6) is 0 Å². The summed E-state index contributed by atoms with van der Waals surface area (Å²) in [6, 6.07) is 0. The van der Waals surface area contributed by atoms with Gasteiger partial charge in [0.15, 0.2) is 0 Å². The van der Waals surface area contributed by atoms with Crippen molar-refractivity contribution in [3.63, 3.8) is 0 Å². The summed E-state index contributed by atoms with van der Waals surface area (Å²) in [5, 5.41) is 0.552. The van der Waals surface area contributed by atoms with Crippen molar-refractivity contribution in [2.24, 2.45) is 5.73 Å². The van der Waals surface area contributed by atoms with Crippen LogP contribution in [0, 0.1) is 0 Å². The lowest BCUT2D eigenvalue weighted by atomic mass is 9.88. The molecule has 3 nitrogen and oxygen atoms in total. The van der Waals surface area contributed by atoms with Crippen molar-refractivity contribution in [2.75, 3.05) is 24.7 Å². The summed E-state index contributed by atoms with van der Waals surface area (Å²) >= 11 is 2.01. The second kappa shape index (κ2) is 6.73. The zero-order valence-electron chi connectivity index (χ0n) is 11.2. The molecular weight excluding hydrogens is 266 g/mol. The van der Waals surface area contributed by atoms with Gasteiger partial charge in [0.1, 0.15) is 0 Å². The molecule has 0 radical (unpaired) electrons. The van der Waals surface area contributed by atoms with Crippen LogP contribution < -0.4 is 5.73 Å². The number of nitrogens with two attached hydrogens (primary N) is 1. The van der Waals surface area contributed by atoms with E-state index in [0.29, 0.717) is 11.8 Å². The molecule has 0 aromatic rings. The van der Waals surface area contributed by atoms with Crippen molar-refractivity contribution in [1.82, 2.24) is 0 Å². The SMILES string of the molecule is CC(CCN)S(=O)C1CCOC2(CCSCC2)C1. The molecular formula is C13H25NO2S2. The van der Waals surface area contributed by atoms with Crippen LogP contribution in [-0.4, -0.2) is 45.0 Å². The Morgan fingerprint density at radius 1 is 1.50 bits per heavy atom. The van der Waals surface area contributed by atoms with Crippen LogP contribution in [0.25, 0.3) is 0 Å². The van der Waals surface area contributed by atoms with Crippen LogP contribution in [0.3, 0.4) is 0 Å². The van der Waals surface area contributed by atoms with Gasteiger partial charge in [-0.15, -0.1) is 0 Å². The van der Waals surface area contributed by atoms with Gasteiger partial charge in [0.25, 0.3) is 0 Å². The lowest BCUT2D eigenvalue weighted by molar-refractivity contribution is -0.0810. The molecule has 2 heterocycles. The van der Waals surface area contributed by atoms with Crippen LogP contribution in [0.15, 0.2) is 0 Å². The maximum atomic E-state index is 12.5. The average molecular weight is 291 g/mol.